The fourth-order valence-electron chi connectivity index (χ4n) is 6.72. The molecule has 3 aliphatic carbocycles. The molecule has 3 saturated carbocycles. The standard InChI is InChI=1S/C26H39BN2O4/c1-17-7-9-18(10-8-17)12-23(29-24(30)31-16-19-6-5-11-28-15-19)27-32-22-14-20-13-21(25(20,2)3)26(22,4)33-27/h7-10,19-23,28H,5-6,11-16H2,1-4H3,(H,29,30)/t19-,20-,21-,22+,23-,26-/m0/s1. The molecule has 1 amide bonds. The zero-order valence-corrected chi connectivity index (χ0v) is 20.6. The summed E-state index contributed by atoms with van der Waals surface area (Å²) in [6, 6.07) is 8.45. The van der Waals surface area contributed by atoms with Crippen molar-refractivity contribution in [2.24, 2.45) is 23.2 Å². The summed E-state index contributed by atoms with van der Waals surface area (Å²) in [6.07, 6.45) is 4.83. The molecule has 180 valence electrons. The Morgan fingerprint density at radius 3 is 2.76 bits per heavy atom. The molecule has 2 bridgehead atoms. The van der Waals surface area contributed by atoms with Gasteiger partial charge in [0.15, 0.2) is 0 Å². The number of carbonyl (C=O) groups is 1. The van der Waals surface area contributed by atoms with Crippen molar-refractivity contribution in [2.45, 2.75) is 77.4 Å². The average Bonchev–Trinajstić information content (AvgIpc) is 3.16. The number of benzene rings is 1. The van der Waals surface area contributed by atoms with Gasteiger partial charge in [-0.05, 0) is 75.3 Å². The second-order valence-corrected chi connectivity index (χ2v) is 11.6. The van der Waals surface area contributed by atoms with Crippen LogP contribution >= 0.6 is 0 Å². The Morgan fingerprint density at radius 2 is 2.06 bits per heavy atom. The highest BCUT2D eigenvalue weighted by Crippen LogP contribution is 2.65. The molecule has 0 unspecified atom stereocenters. The minimum atomic E-state index is -0.472. The van der Waals surface area contributed by atoms with Crippen molar-refractivity contribution in [3.8, 4) is 0 Å². The number of piperidine rings is 1. The molecule has 0 aromatic heterocycles. The largest absolute Gasteiger partial charge is 0.482 e. The Labute approximate surface area is 198 Å². The Hall–Kier alpha value is -1.57. The smallest absolute Gasteiger partial charge is 0.449 e. The van der Waals surface area contributed by atoms with E-state index in [1.807, 2.05) is 0 Å². The van der Waals surface area contributed by atoms with Gasteiger partial charge in [-0.3, -0.25) is 0 Å². The van der Waals surface area contributed by atoms with E-state index in [0.29, 0.717) is 30.8 Å². The predicted molar refractivity (Wildman–Crippen MR) is 129 cm³/mol. The Morgan fingerprint density at radius 1 is 1.27 bits per heavy atom. The molecule has 0 radical (unpaired) electrons. The van der Waals surface area contributed by atoms with E-state index in [0.717, 1.165) is 37.9 Å². The molecule has 6 rings (SSSR count). The van der Waals surface area contributed by atoms with E-state index in [1.54, 1.807) is 0 Å². The lowest BCUT2D eigenvalue weighted by molar-refractivity contribution is -0.199. The number of aryl methyl sites for hydroxylation is 1. The molecule has 2 heterocycles. The van der Waals surface area contributed by atoms with Crippen LogP contribution in [0.1, 0.15) is 57.6 Å². The van der Waals surface area contributed by atoms with Gasteiger partial charge in [0.2, 0.25) is 0 Å². The first-order chi connectivity index (χ1) is 15.8. The van der Waals surface area contributed by atoms with Gasteiger partial charge in [0.25, 0.3) is 0 Å². The van der Waals surface area contributed by atoms with Crippen molar-refractivity contribution in [1.82, 2.24) is 10.6 Å². The summed E-state index contributed by atoms with van der Waals surface area (Å²) < 4.78 is 18.8. The molecule has 6 nitrogen and oxygen atoms in total. The molecule has 5 fully saturated rings. The van der Waals surface area contributed by atoms with Crippen LogP contribution in [0.5, 0.6) is 0 Å². The van der Waals surface area contributed by atoms with E-state index >= 15 is 0 Å². The van der Waals surface area contributed by atoms with E-state index in [-0.39, 0.29) is 29.2 Å². The summed E-state index contributed by atoms with van der Waals surface area (Å²) in [5.41, 5.74) is 2.36. The van der Waals surface area contributed by atoms with E-state index in [2.05, 4.69) is 62.6 Å². The zero-order chi connectivity index (χ0) is 23.2. The molecule has 6 atom stereocenters. The Kier molecular flexibility index (Phi) is 6.25. The monoisotopic (exact) mass is 454 g/mol. The number of rotatable bonds is 6. The average molecular weight is 454 g/mol. The fraction of sp³-hybridized carbons (Fsp3) is 0.731. The van der Waals surface area contributed by atoms with Gasteiger partial charge in [-0.15, -0.1) is 0 Å². The number of amides is 1. The molecule has 5 aliphatic rings. The summed E-state index contributed by atoms with van der Waals surface area (Å²) >= 11 is 0. The summed E-state index contributed by atoms with van der Waals surface area (Å²) in [6.45, 7) is 11.4. The van der Waals surface area contributed by atoms with Crippen LogP contribution in [0.4, 0.5) is 4.79 Å². The van der Waals surface area contributed by atoms with E-state index in [1.165, 1.54) is 12.0 Å². The number of ether oxygens (including phenoxy) is 1. The number of hydrogen-bond acceptors (Lipinski definition) is 5. The van der Waals surface area contributed by atoms with Gasteiger partial charge in [-0.1, -0.05) is 43.7 Å². The lowest BCUT2D eigenvalue weighted by Crippen LogP contribution is -2.65. The maximum atomic E-state index is 12.8. The van der Waals surface area contributed by atoms with Gasteiger partial charge >= 0.3 is 13.2 Å². The van der Waals surface area contributed by atoms with Gasteiger partial charge in [0.05, 0.1) is 24.3 Å². The van der Waals surface area contributed by atoms with Crippen LogP contribution in [0.2, 0.25) is 0 Å². The third kappa shape index (κ3) is 4.44. The zero-order valence-electron chi connectivity index (χ0n) is 20.6. The summed E-state index contributed by atoms with van der Waals surface area (Å²) in [5, 5.41) is 6.48. The minimum absolute atomic E-state index is 0.0888. The van der Waals surface area contributed by atoms with Crippen LogP contribution in [-0.4, -0.2) is 50.6 Å². The summed E-state index contributed by atoms with van der Waals surface area (Å²) in [7, 11) is -0.472. The second-order valence-electron chi connectivity index (χ2n) is 11.6. The summed E-state index contributed by atoms with van der Waals surface area (Å²) in [5.74, 6) is 1.27. The van der Waals surface area contributed by atoms with Crippen molar-refractivity contribution in [3.63, 3.8) is 0 Å². The third-order valence-electron chi connectivity index (χ3n) is 9.03. The number of alkyl carbamates (subject to hydrolysis) is 1. The fourth-order valence-corrected chi connectivity index (χ4v) is 6.72. The Balaban J connectivity index is 1.28. The number of carbonyl (C=O) groups excluding carboxylic acids is 1. The highest BCUT2D eigenvalue weighted by atomic mass is 16.7. The first kappa shape index (κ1) is 23.2. The van der Waals surface area contributed by atoms with Crippen LogP contribution in [-0.2, 0) is 20.5 Å². The minimum Gasteiger partial charge on any atom is -0.449 e. The van der Waals surface area contributed by atoms with Crippen molar-refractivity contribution in [1.29, 1.82) is 0 Å². The lowest BCUT2D eigenvalue weighted by Gasteiger charge is -2.64. The molecular weight excluding hydrogens is 415 g/mol. The highest BCUT2D eigenvalue weighted by molar-refractivity contribution is 6.47. The maximum Gasteiger partial charge on any atom is 0.482 e. The van der Waals surface area contributed by atoms with Gasteiger partial charge in [-0.25, -0.2) is 4.79 Å². The van der Waals surface area contributed by atoms with Crippen LogP contribution in [0.15, 0.2) is 24.3 Å². The van der Waals surface area contributed by atoms with Crippen molar-refractivity contribution >= 4 is 13.2 Å². The van der Waals surface area contributed by atoms with Gasteiger partial charge < -0.3 is 24.7 Å². The predicted octanol–water partition coefficient (Wildman–Crippen LogP) is 3.90. The molecule has 33 heavy (non-hydrogen) atoms. The maximum absolute atomic E-state index is 12.8. The molecule has 0 spiro atoms. The topological polar surface area (TPSA) is 68.8 Å². The molecule has 1 aromatic carbocycles. The van der Waals surface area contributed by atoms with Crippen molar-refractivity contribution < 1.29 is 18.8 Å². The first-order valence-corrected chi connectivity index (χ1v) is 12.8. The molecule has 2 saturated heterocycles. The molecule has 1 aromatic rings. The van der Waals surface area contributed by atoms with Crippen LogP contribution in [0.25, 0.3) is 0 Å². The van der Waals surface area contributed by atoms with Gasteiger partial charge in [0.1, 0.15) is 0 Å². The van der Waals surface area contributed by atoms with Crippen molar-refractivity contribution in [2.75, 3.05) is 19.7 Å². The number of nitrogens with one attached hydrogen (secondary N) is 2. The van der Waals surface area contributed by atoms with Gasteiger partial charge in [0, 0.05) is 12.5 Å². The van der Waals surface area contributed by atoms with Crippen LogP contribution in [0.3, 0.4) is 0 Å². The van der Waals surface area contributed by atoms with E-state index < -0.39 is 7.12 Å². The van der Waals surface area contributed by atoms with Crippen LogP contribution < -0.4 is 10.6 Å². The lowest BCUT2D eigenvalue weighted by atomic mass is 9.43. The van der Waals surface area contributed by atoms with E-state index in [9.17, 15) is 4.79 Å². The highest BCUT2D eigenvalue weighted by Gasteiger charge is 2.68. The normalized spacial score (nSPS) is 35.3. The third-order valence-corrected chi connectivity index (χ3v) is 9.03. The van der Waals surface area contributed by atoms with Crippen LogP contribution in [0, 0.1) is 30.1 Å². The molecule has 2 N–H and O–H groups in total. The SMILES string of the molecule is Cc1ccc(C[C@H](NC(=O)OC[C@H]2CCCNC2)B2O[C@@H]3C[C@@H]4C[C@@H](C4(C)C)[C@]3(C)O2)cc1. The molecule has 2 aliphatic heterocycles. The van der Waals surface area contributed by atoms with E-state index in [4.69, 9.17) is 14.0 Å². The first-order valence-electron chi connectivity index (χ1n) is 12.8. The Bertz CT molecular complexity index is 856. The summed E-state index contributed by atoms with van der Waals surface area (Å²) in [4.78, 5) is 12.8. The van der Waals surface area contributed by atoms with Crippen molar-refractivity contribution in [3.05, 3.63) is 35.4 Å². The molecular formula is C26H39BN2O4. The number of hydrogen-bond donors (Lipinski definition) is 2. The second kappa shape index (κ2) is 8.90. The van der Waals surface area contributed by atoms with Gasteiger partial charge in [-0.2, -0.15) is 0 Å². The quantitative estimate of drug-likeness (QED) is 0.639. The molecule has 7 heteroatoms.